The summed E-state index contributed by atoms with van der Waals surface area (Å²) in [6.45, 7) is 1.61. The summed E-state index contributed by atoms with van der Waals surface area (Å²) in [6, 6.07) is -0.386. The molecular formula is C9H15NO3. The Bertz CT molecular complexity index is 201. The topological polar surface area (TPSA) is 58.6 Å². The van der Waals surface area contributed by atoms with Crippen molar-refractivity contribution in [2.75, 3.05) is 13.2 Å². The summed E-state index contributed by atoms with van der Waals surface area (Å²) in [5, 5.41) is 11.9. The second-order valence-corrected chi connectivity index (χ2v) is 3.77. The molecule has 2 fully saturated rings. The molecule has 4 nitrogen and oxygen atoms in total. The fourth-order valence-corrected chi connectivity index (χ4v) is 2.33. The first-order valence-corrected chi connectivity index (χ1v) is 4.87. The van der Waals surface area contributed by atoms with E-state index in [9.17, 15) is 4.79 Å². The largest absolute Gasteiger partial charge is 0.480 e. The number of aliphatic carboxylic acids is 1. The Morgan fingerprint density at radius 2 is 2.31 bits per heavy atom. The van der Waals surface area contributed by atoms with Crippen molar-refractivity contribution < 1.29 is 14.6 Å². The molecule has 0 saturated carbocycles. The lowest BCUT2D eigenvalue weighted by Crippen LogP contribution is -2.40. The van der Waals surface area contributed by atoms with Crippen molar-refractivity contribution >= 4 is 5.97 Å². The highest BCUT2D eigenvalue weighted by molar-refractivity contribution is 5.74. The highest BCUT2D eigenvalue weighted by Crippen LogP contribution is 2.28. The molecule has 0 aromatic carbocycles. The van der Waals surface area contributed by atoms with E-state index in [1.165, 1.54) is 0 Å². The molecule has 4 heteroatoms. The van der Waals surface area contributed by atoms with Gasteiger partial charge in [-0.3, -0.25) is 4.79 Å². The number of rotatable bonds is 2. The van der Waals surface area contributed by atoms with E-state index in [2.05, 4.69) is 5.32 Å². The van der Waals surface area contributed by atoms with Gasteiger partial charge in [0.15, 0.2) is 0 Å². The van der Waals surface area contributed by atoms with Crippen molar-refractivity contribution in [1.82, 2.24) is 5.32 Å². The molecule has 0 aromatic rings. The number of hydrogen-bond donors (Lipinski definition) is 2. The van der Waals surface area contributed by atoms with E-state index in [1.54, 1.807) is 0 Å². The predicted molar refractivity (Wildman–Crippen MR) is 46.5 cm³/mol. The molecule has 2 rings (SSSR count). The number of nitrogens with one attached hydrogen (secondary N) is 1. The van der Waals surface area contributed by atoms with E-state index in [-0.39, 0.29) is 18.1 Å². The number of carboxylic acid groups (broad SMARTS) is 1. The molecule has 0 aromatic heterocycles. The first-order chi connectivity index (χ1) is 6.29. The summed E-state index contributed by atoms with van der Waals surface area (Å²) in [5.74, 6) is -0.557. The lowest BCUT2D eigenvalue weighted by molar-refractivity contribution is -0.141. The molecule has 2 saturated heterocycles. The molecule has 0 aliphatic carbocycles. The van der Waals surface area contributed by atoms with Crippen molar-refractivity contribution in [2.24, 2.45) is 5.92 Å². The number of carboxylic acids is 1. The van der Waals surface area contributed by atoms with Crippen LogP contribution in [0.2, 0.25) is 0 Å². The molecular weight excluding hydrogens is 170 g/mol. The van der Waals surface area contributed by atoms with E-state index in [1.807, 2.05) is 0 Å². The van der Waals surface area contributed by atoms with Crippen molar-refractivity contribution in [3.8, 4) is 0 Å². The highest BCUT2D eigenvalue weighted by Gasteiger charge is 2.39. The first kappa shape index (κ1) is 8.97. The predicted octanol–water partition coefficient (Wildman–Crippen LogP) is 0.228. The smallest absolute Gasteiger partial charge is 0.321 e. The van der Waals surface area contributed by atoms with Crippen LogP contribution >= 0.6 is 0 Å². The van der Waals surface area contributed by atoms with Gasteiger partial charge in [-0.2, -0.15) is 0 Å². The Morgan fingerprint density at radius 3 is 2.92 bits per heavy atom. The number of ether oxygens (including phenoxy) is 1. The Morgan fingerprint density at radius 1 is 1.46 bits per heavy atom. The van der Waals surface area contributed by atoms with Crippen LogP contribution in [0.15, 0.2) is 0 Å². The van der Waals surface area contributed by atoms with Gasteiger partial charge in [0.05, 0.1) is 6.10 Å². The van der Waals surface area contributed by atoms with Crippen molar-refractivity contribution in [1.29, 1.82) is 0 Å². The van der Waals surface area contributed by atoms with E-state index in [0.29, 0.717) is 0 Å². The second kappa shape index (κ2) is 3.64. The van der Waals surface area contributed by atoms with Crippen LogP contribution in [0.4, 0.5) is 0 Å². The van der Waals surface area contributed by atoms with Crippen LogP contribution in [-0.2, 0) is 9.53 Å². The first-order valence-electron chi connectivity index (χ1n) is 4.87. The van der Waals surface area contributed by atoms with Crippen molar-refractivity contribution in [3.63, 3.8) is 0 Å². The van der Waals surface area contributed by atoms with Crippen LogP contribution in [0, 0.1) is 5.92 Å². The van der Waals surface area contributed by atoms with Gasteiger partial charge in [0.2, 0.25) is 0 Å². The zero-order chi connectivity index (χ0) is 9.26. The summed E-state index contributed by atoms with van der Waals surface area (Å²) in [7, 11) is 0. The molecule has 0 radical (unpaired) electrons. The molecule has 0 amide bonds. The monoisotopic (exact) mass is 185 g/mol. The van der Waals surface area contributed by atoms with Gasteiger partial charge in [-0.15, -0.1) is 0 Å². The fourth-order valence-electron chi connectivity index (χ4n) is 2.33. The third kappa shape index (κ3) is 1.69. The van der Waals surface area contributed by atoms with E-state index >= 15 is 0 Å². The Labute approximate surface area is 77.3 Å². The summed E-state index contributed by atoms with van der Waals surface area (Å²) in [4.78, 5) is 10.9. The number of hydrogen-bond acceptors (Lipinski definition) is 3. The van der Waals surface area contributed by atoms with Gasteiger partial charge in [-0.25, -0.2) is 0 Å². The van der Waals surface area contributed by atoms with Crippen LogP contribution in [0.25, 0.3) is 0 Å². The van der Waals surface area contributed by atoms with Gasteiger partial charge in [0, 0.05) is 12.5 Å². The highest BCUT2D eigenvalue weighted by atomic mass is 16.5. The molecule has 2 N–H and O–H groups in total. The van der Waals surface area contributed by atoms with E-state index < -0.39 is 5.97 Å². The van der Waals surface area contributed by atoms with Gasteiger partial charge in [-0.05, 0) is 25.8 Å². The zero-order valence-electron chi connectivity index (χ0n) is 7.53. The second-order valence-electron chi connectivity index (χ2n) is 3.77. The molecule has 3 unspecified atom stereocenters. The SMILES string of the molecule is O=C(O)C1NCCC1C1CCCO1. The lowest BCUT2D eigenvalue weighted by Gasteiger charge is -2.21. The number of carbonyl (C=O) groups is 1. The molecule has 3 atom stereocenters. The Balaban J connectivity index is 2.00. The van der Waals surface area contributed by atoms with Crippen LogP contribution in [0.3, 0.4) is 0 Å². The lowest BCUT2D eigenvalue weighted by atomic mass is 9.92. The molecule has 13 heavy (non-hydrogen) atoms. The average molecular weight is 185 g/mol. The quantitative estimate of drug-likeness (QED) is 0.646. The molecule has 2 aliphatic heterocycles. The fraction of sp³-hybridized carbons (Fsp3) is 0.889. The average Bonchev–Trinajstić information content (AvgIpc) is 2.74. The van der Waals surface area contributed by atoms with Gasteiger partial charge < -0.3 is 15.2 Å². The maximum atomic E-state index is 10.9. The van der Waals surface area contributed by atoms with Crippen LogP contribution in [0.5, 0.6) is 0 Å². The third-order valence-corrected chi connectivity index (χ3v) is 2.98. The molecule has 0 spiro atoms. The van der Waals surface area contributed by atoms with Crippen molar-refractivity contribution in [3.05, 3.63) is 0 Å². The Kier molecular flexibility index (Phi) is 2.51. The summed E-state index contributed by atoms with van der Waals surface area (Å²) in [6.07, 6.45) is 3.21. The Hall–Kier alpha value is -0.610. The summed E-state index contributed by atoms with van der Waals surface area (Å²) >= 11 is 0. The van der Waals surface area contributed by atoms with Crippen LogP contribution < -0.4 is 5.32 Å². The van der Waals surface area contributed by atoms with E-state index in [0.717, 1.165) is 32.4 Å². The maximum absolute atomic E-state index is 10.9. The molecule has 0 bridgehead atoms. The van der Waals surface area contributed by atoms with Gasteiger partial charge >= 0.3 is 5.97 Å². The maximum Gasteiger partial charge on any atom is 0.321 e. The third-order valence-electron chi connectivity index (χ3n) is 2.98. The van der Waals surface area contributed by atoms with Crippen LogP contribution in [-0.4, -0.2) is 36.4 Å². The normalized spacial score (nSPS) is 39.5. The van der Waals surface area contributed by atoms with Gasteiger partial charge in [0.25, 0.3) is 0 Å². The molecule has 2 aliphatic rings. The standard InChI is InChI=1S/C9H15NO3/c11-9(12)8-6(3-4-10-8)7-2-1-5-13-7/h6-8,10H,1-5H2,(H,11,12). The van der Waals surface area contributed by atoms with E-state index in [4.69, 9.17) is 9.84 Å². The molecule has 2 heterocycles. The minimum absolute atomic E-state index is 0.177. The van der Waals surface area contributed by atoms with Crippen molar-refractivity contribution in [2.45, 2.75) is 31.4 Å². The minimum atomic E-state index is -0.738. The summed E-state index contributed by atoms with van der Waals surface area (Å²) < 4.78 is 5.51. The minimum Gasteiger partial charge on any atom is -0.480 e. The zero-order valence-corrected chi connectivity index (χ0v) is 7.53. The molecule has 74 valence electrons. The summed E-state index contributed by atoms with van der Waals surface area (Å²) in [5.41, 5.74) is 0. The van der Waals surface area contributed by atoms with Gasteiger partial charge in [0.1, 0.15) is 6.04 Å². The van der Waals surface area contributed by atoms with Crippen LogP contribution in [0.1, 0.15) is 19.3 Å². The van der Waals surface area contributed by atoms with Gasteiger partial charge in [-0.1, -0.05) is 0 Å².